The summed E-state index contributed by atoms with van der Waals surface area (Å²) in [6.07, 6.45) is 0.834. The molecule has 2 rings (SSSR count). The van der Waals surface area contributed by atoms with E-state index in [9.17, 15) is 9.90 Å². The molecule has 4 heteroatoms. The second-order valence-electron chi connectivity index (χ2n) is 5.17. The lowest BCUT2D eigenvalue weighted by molar-refractivity contribution is -0.141. The number of carbonyl (C=O) groups is 1. The predicted molar refractivity (Wildman–Crippen MR) is 86.2 cm³/mol. The van der Waals surface area contributed by atoms with Crippen molar-refractivity contribution in [1.29, 1.82) is 0 Å². The van der Waals surface area contributed by atoms with Crippen LogP contribution in [0.4, 0.5) is 0 Å². The van der Waals surface area contributed by atoms with Crippen molar-refractivity contribution in [3.8, 4) is 0 Å². The topological polar surface area (TPSA) is 37.3 Å². The lowest BCUT2D eigenvalue weighted by Gasteiger charge is -2.14. The van der Waals surface area contributed by atoms with Gasteiger partial charge in [0.15, 0.2) is 0 Å². The van der Waals surface area contributed by atoms with Crippen molar-refractivity contribution < 1.29 is 9.90 Å². The first-order valence-electron chi connectivity index (χ1n) is 6.68. The van der Waals surface area contributed by atoms with Crippen LogP contribution in [0, 0.1) is 12.8 Å². The van der Waals surface area contributed by atoms with Crippen LogP contribution in [0.25, 0.3) is 0 Å². The Balaban J connectivity index is 2.18. The molecular weight excluding hydrogens is 307 g/mol. The van der Waals surface area contributed by atoms with Gasteiger partial charge in [-0.25, -0.2) is 0 Å². The largest absolute Gasteiger partial charge is 0.481 e. The monoisotopic (exact) mass is 322 g/mol. The van der Waals surface area contributed by atoms with Gasteiger partial charge in [0.25, 0.3) is 0 Å². The van der Waals surface area contributed by atoms with Gasteiger partial charge in [0, 0.05) is 10.0 Å². The first kappa shape index (κ1) is 15.9. The van der Waals surface area contributed by atoms with Crippen LogP contribution in [0.1, 0.15) is 16.7 Å². The van der Waals surface area contributed by atoms with Crippen LogP contribution < -0.4 is 0 Å². The van der Waals surface area contributed by atoms with Crippen LogP contribution in [0.15, 0.2) is 42.5 Å². The summed E-state index contributed by atoms with van der Waals surface area (Å²) in [4.78, 5) is 11.5. The SMILES string of the molecule is Cc1ccc(CC(Cc2cccc(Cl)c2)C(=O)O)c(Cl)c1. The summed E-state index contributed by atoms with van der Waals surface area (Å²) in [5, 5.41) is 10.7. The van der Waals surface area contributed by atoms with Gasteiger partial charge in [-0.1, -0.05) is 47.5 Å². The maximum atomic E-state index is 11.5. The Morgan fingerprint density at radius 1 is 1.14 bits per heavy atom. The first-order valence-corrected chi connectivity index (χ1v) is 7.43. The van der Waals surface area contributed by atoms with Crippen LogP contribution in [-0.2, 0) is 17.6 Å². The van der Waals surface area contributed by atoms with Crippen molar-refractivity contribution in [3.05, 3.63) is 69.2 Å². The molecule has 0 aliphatic rings. The van der Waals surface area contributed by atoms with Crippen LogP contribution >= 0.6 is 23.2 Å². The number of carboxylic acid groups (broad SMARTS) is 1. The molecule has 2 aromatic carbocycles. The molecule has 0 heterocycles. The fraction of sp³-hybridized carbons (Fsp3) is 0.235. The number of hydrogen-bond acceptors (Lipinski definition) is 1. The molecule has 0 aromatic heterocycles. The molecule has 0 saturated heterocycles. The Kier molecular flexibility index (Phi) is 5.27. The third kappa shape index (κ3) is 4.48. The van der Waals surface area contributed by atoms with Gasteiger partial charge in [-0.3, -0.25) is 4.79 Å². The zero-order chi connectivity index (χ0) is 15.4. The van der Waals surface area contributed by atoms with E-state index in [1.807, 2.05) is 37.3 Å². The molecule has 0 aliphatic heterocycles. The smallest absolute Gasteiger partial charge is 0.307 e. The summed E-state index contributed by atoms with van der Waals surface area (Å²) in [6.45, 7) is 1.95. The number of aryl methyl sites for hydroxylation is 1. The minimum absolute atomic E-state index is 0.404. The summed E-state index contributed by atoms with van der Waals surface area (Å²) in [5.74, 6) is -1.35. The van der Waals surface area contributed by atoms with Crippen molar-refractivity contribution >= 4 is 29.2 Å². The van der Waals surface area contributed by atoms with E-state index in [4.69, 9.17) is 23.2 Å². The number of aliphatic carboxylic acids is 1. The Bertz CT molecular complexity index is 653. The van der Waals surface area contributed by atoms with Gasteiger partial charge < -0.3 is 5.11 Å². The average Bonchev–Trinajstić information content (AvgIpc) is 2.40. The van der Waals surface area contributed by atoms with Crippen LogP contribution in [0.5, 0.6) is 0 Å². The molecule has 0 amide bonds. The van der Waals surface area contributed by atoms with E-state index < -0.39 is 11.9 Å². The summed E-state index contributed by atoms with van der Waals surface area (Å²) in [5.41, 5.74) is 2.83. The van der Waals surface area contributed by atoms with Gasteiger partial charge in [-0.2, -0.15) is 0 Å². The van der Waals surface area contributed by atoms with E-state index in [1.54, 1.807) is 12.1 Å². The van der Waals surface area contributed by atoms with Crippen molar-refractivity contribution in [3.63, 3.8) is 0 Å². The highest BCUT2D eigenvalue weighted by atomic mass is 35.5. The normalized spacial score (nSPS) is 12.1. The van der Waals surface area contributed by atoms with Crippen LogP contribution in [0.3, 0.4) is 0 Å². The highest BCUT2D eigenvalue weighted by molar-refractivity contribution is 6.31. The van der Waals surface area contributed by atoms with E-state index in [0.29, 0.717) is 22.9 Å². The molecule has 0 aliphatic carbocycles. The lowest BCUT2D eigenvalue weighted by atomic mass is 9.92. The van der Waals surface area contributed by atoms with Crippen LogP contribution in [0.2, 0.25) is 10.0 Å². The molecule has 110 valence electrons. The van der Waals surface area contributed by atoms with Gasteiger partial charge in [0.1, 0.15) is 0 Å². The average molecular weight is 323 g/mol. The maximum absolute atomic E-state index is 11.5. The number of rotatable bonds is 5. The van der Waals surface area contributed by atoms with E-state index in [1.165, 1.54) is 0 Å². The Morgan fingerprint density at radius 3 is 2.52 bits per heavy atom. The van der Waals surface area contributed by atoms with Crippen molar-refractivity contribution in [2.75, 3.05) is 0 Å². The zero-order valence-corrected chi connectivity index (χ0v) is 13.2. The number of halogens is 2. The summed E-state index contributed by atoms with van der Waals surface area (Å²) in [6, 6.07) is 13.0. The second-order valence-corrected chi connectivity index (χ2v) is 6.01. The third-order valence-electron chi connectivity index (χ3n) is 3.40. The fourth-order valence-corrected chi connectivity index (χ4v) is 2.80. The van der Waals surface area contributed by atoms with E-state index in [0.717, 1.165) is 16.7 Å². The second kappa shape index (κ2) is 6.97. The molecule has 1 unspecified atom stereocenters. The molecule has 1 atom stereocenters. The van der Waals surface area contributed by atoms with Crippen molar-refractivity contribution in [2.45, 2.75) is 19.8 Å². The predicted octanol–water partition coefficient (Wildman–Crippen LogP) is 4.79. The molecule has 0 bridgehead atoms. The van der Waals surface area contributed by atoms with Gasteiger partial charge >= 0.3 is 5.97 Å². The van der Waals surface area contributed by atoms with E-state index >= 15 is 0 Å². The number of hydrogen-bond donors (Lipinski definition) is 1. The maximum Gasteiger partial charge on any atom is 0.307 e. The van der Waals surface area contributed by atoms with Gasteiger partial charge in [-0.15, -0.1) is 0 Å². The summed E-state index contributed by atoms with van der Waals surface area (Å²) < 4.78 is 0. The molecule has 0 fully saturated rings. The highest BCUT2D eigenvalue weighted by Crippen LogP contribution is 2.23. The Labute approximate surface area is 134 Å². The molecule has 21 heavy (non-hydrogen) atoms. The van der Waals surface area contributed by atoms with Crippen LogP contribution in [-0.4, -0.2) is 11.1 Å². The van der Waals surface area contributed by atoms with Gasteiger partial charge in [-0.05, 0) is 54.7 Å². The Hall–Kier alpha value is -1.51. The van der Waals surface area contributed by atoms with E-state index in [-0.39, 0.29) is 0 Å². The van der Waals surface area contributed by atoms with Gasteiger partial charge in [0.2, 0.25) is 0 Å². The molecule has 1 N–H and O–H groups in total. The molecule has 0 spiro atoms. The third-order valence-corrected chi connectivity index (χ3v) is 3.98. The van der Waals surface area contributed by atoms with E-state index in [2.05, 4.69) is 0 Å². The number of carboxylic acids is 1. The summed E-state index contributed by atoms with van der Waals surface area (Å²) >= 11 is 12.1. The molecule has 0 radical (unpaired) electrons. The van der Waals surface area contributed by atoms with Gasteiger partial charge in [0.05, 0.1) is 5.92 Å². The Morgan fingerprint density at radius 2 is 1.90 bits per heavy atom. The lowest BCUT2D eigenvalue weighted by Crippen LogP contribution is -2.19. The van der Waals surface area contributed by atoms with Crippen molar-refractivity contribution in [2.24, 2.45) is 5.92 Å². The molecule has 2 nitrogen and oxygen atoms in total. The van der Waals surface area contributed by atoms with Crippen molar-refractivity contribution in [1.82, 2.24) is 0 Å². The summed E-state index contributed by atoms with van der Waals surface area (Å²) in [7, 11) is 0. The molecule has 2 aromatic rings. The minimum atomic E-state index is -0.827. The highest BCUT2D eigenvalue weighted by Gasteiger charge is 2.20. The molecular formula is C17H16Cl2O2. The zero-order valence-electron chi connectivity index (χ0n) is 11.6. The standard InChI is InChI=1S/C17H16Cl2O2/c1-11-5-6-13(16(19)7-11)10-14(17(20)21)8-12-3-2-4-15(18)9-12/h2-7,9,14H,8,10H2,1H3,(H,20,21). The minimum Gasteiger partial charge on any atom is -0.481 e. The first-order chi connectivity index (χ1) is 9.95. The fourth-order valence-electron chi connectivity index (χ4n) is 2.28. The number of benzene rings is 2. The quantitative estimate of drug-likeness (QED) is 0.859. The molecule has 0 saturated carbocycles.